The molecule has 2 rings (SSSR count). The molecule has 2 aromatic rings. The summed E-state index contributed by atoms with van der Waals surface area (Å²) in [5, 5.41) is 16.2. The first-order valence-corrected chi connectivity index (χ1v) is 7.45. The third kappa shape index (κ3) is 5.17. The zero-order valence-electron chi connectivity index (χ0n) is 13.2. The first-order valence-electron chi connectivity index (χ1n) is 7.45. The van der Waals surface area contributed by atoms with Gasteiger partial charge in [0.15, 0.2) is 0 Å². The van der Waals surface area contributed by atoms with Gasteiger partial charge in [0.2, 0.25) is 5.91 Å². The molecule has 1 heterocycles. The number of amides is 2. The maximum atomic E-state index is 12.0. The second-order valence-electron chi connectivity index (χ2n) is 5.26. The van der Waals surface area contributed by atoms with E-state index in [4.69, 9.17) is 0 Å². The molecule has 0 unspecified atom stereocenters. The lowest BCUT2D eigenvalue weighted by Gasteiger charge is -2.11. The van der Waals surface area contributed by atoms with Gasteiger partial charge in [0.05, 0.1) is 0 Å². The Bertz CT molecular complexity index is 638. The molecule has 0 aliphatic carbocycles. The molecule has 0 aliphatic heterocycles. The normalized spacial score (nSPS) is 11.7. The molecule has 8 nitrogen and oxygen atoms in total. The standard InChI is InChI=1S/C15H20N6O2/c1-3-11(2)18-15(23)13-6-4-12(5-7-13)8-16-14(22)9-21-10-17-19-20-21/h4-7,10-11H,3,8-9H2,1-2H3,(H,16,22)(H,18,23)/t11-/m0/s1. The molecule has 1 aromatic heterocycles. The van der Waals surface area contributed by atoms with Gasteiger partial charge in [-0.25, -0.2) is 4.68 Å². The van der Waals surface area contributed by atoms with Crippen LogP contribution in [0.1, 0.15) is 36.2 Å². The van der Waals surface area contributed by atoms with E-state index >= 15 is 0 Å². The Morgan fingerprint density at radius 1 is 1.26 bits per heavy atom. The molecule has 23 heavy (non-hydrogen) atoms. The highest BCUT2D eigenvalue weighted by Gasteiger charge is 2.08. The minimum absolute atomic E-state index is 0.0718. The van der Waals surface area contributed by atoms with Crippen LogP contribution in [0.5, 0.6) is 0 Å². The summed E-state index contributed by atoms with van der Waals surface area (Å²) in [5.74, 6) is -0.274. The van der Waals surface area contributed by atoms with Crippen LogP contribution in [0.4, 0.5) is 0 Å². The Morgan fingerprint density at radius 3 is 2.61 bits per heavy atom. The second-order valence-corrected chi connectivity index (χ2v) is 5.26. The highest BCUT2D eigenvalue weighted by molar-refractivity contribution is 5.94. The Labute approximate surface area is 134 Å². The molecule has 0 radical (unpaired) electrons. The Hall–Kier alpha value is -2.77. The maximum Gasteiger partial charge on any atom is 0.251 e. The molecule has 0 saturated carbocycles. The van der Waals surface area contributed by atoms with Crippen LogP contribution in [0.3, 0.4) is 0 Å². The molecule has 2 amide bonds. The molecule has 0 aliphatic rings. The highest BCUT2D eigenvalue weighted by Crippen LogP contribution is 2.05. The van der Waals surface area contributed by atoms with Gasteiger partial charge in [0.1, 0.15) is 12.9 Å². The van der Waals surface area contributed by atoms with E-state index in [9.17, 15) is 9.59 Å². The lowest BCUT2D eigenvalue weighted by molar-refractivity contribution is -0.122. The molecule has 1 atom stereocenters. The highest BCUT2D eigenvalue weighted by atomic mass is 16.2. The summed E-state index contributed by atoms with van der Waals surface area (Å²) >= 11 is 0. The van der Waals surface area contributed by atoms with Gasteiger partial charge in [0.25, 0.3) is 5.91 Å². The summed E-state index contributed by atoms with van der Waals surface area (Å²) < 4.78 is 1.34. The zero-order chi connectivity index (χ0) is 16.7. The van der Waals surface area contributed by atoms with Gasteiger partial charge < -0.3 is 10.6 Å². The van der Waals surface area contributed by atoms with E-state index in [1.165, 1.54) is 11.0 Å². The SMILES string of the molecule is CC[C@H](C)NC(=O)c1ccc(CNC(=O)Cn2cnnn2)cc1. The number of tetrazole rings is 1. The van der Waals surface area contributed by atoms with Gasteiger partial charge in [0, 0.05) is 18.2 Å². The quantitative estimate of drug-likeness (QED) is 0.775. The van der Waals surface area contributed by atoms with Crippen molar-refractivity contribution in [2.75, 3.05) is 0 Å². The van der Waals surface area contributed by atoms with Crippen LogP contribution in [-0.2, 0) is 17.9 Å². The van der Waals surface area contributed by atoms with E-state index in [0.717, 1.165) is 12.0 Å². The summed E-state index contributed by atoms with van der Waals surface area (Å²) in [6, 6.07) is 7.29. The first kappa shape index (κ1) is 16.6. The number of nitrogens with one attached hydrogen (secondary N) is 2. The molecular formula is C15H20N6O2. The summed E-state index contributed by atoms with van der Waals surface area (Å²) in [6.45, 7) is 4.44. The van der Waals surface area contributed by atoms with Crippen LogP contribution >= 0.6 is 0 Å². The van der Waals surface area contributed by atoms with E-state index in [0.29, 0.717) is 12.1 Å². The fraction of sp³-hybridized carbons (Fsp3) is 0.400. The van der Waals surface area contributed by atoms with Crippen LogP contribution in [0.15, 0.2) is 30.6 Å². The van der Waals surface area contributed by atoms with Gasteiger partial charge >= 0.3 is 0 Å². The largest absolute Gasteiger partial charge is 0.350 e. The number of carbonyl (C=O) groups excluding carboxylic acids is 2. The lowest BCUT2D eigenvalue weighted by Crippen LogP contribution is -2.31. The average molecular weight is 316 g/mol. The van der Waals surface area contributed by atoms with Crippen LogP contribution in [0.25, 0.3) is 0 Å². The van der Waals surface area contributed by atoms with Gasteiger partial charge in [-0.3, -0.25) is 9.59 Å². The van der Waals surface area contributed by atoms with Crippen molar-refractivity contribution in [3.8, 4) is 0 Å². The molecule has 8 heteroatoms. The third-order valence-corrected chi connectivity index (χ3v) is 3.39. The van der Waals surface area contributed by atoms with Gasteiger partial charge in [-0.05, 0) is 41.5 Å². The topological polar surface area (TPSA) is 102 Å². The number of benzene rings is 1. The minimum atomic E-state index is -0.184. The third-order valence-electron chi connectivity index (χ3n) is 3.39. The van der Waals surface area contributed by atoms with E-state index < -0.39 is 0 Å². The first-order chi connectivity index (χ1) is 11.1. The smallest absolute Gasteiger partial charge is 0.251 e. The van der Waals surface area contributed by atoms with Crippen LogP contribution in [0.2, 0.25) is 0 Å². The Balaban J connectivity index is 1.82. The number of hydrogen-bond donors (Lipinski definition) is 2. The van der Waals surface area contributed by atoms with Crippen molar-refractivity contribution in [1.82, 2.24) is 30.8 Å². The van der Waals surface area contributed by atoms with Crippen molar-refractivity contribution in [2.24, 2.45) is 0 Å². The van der Waals surface area contributed by atoms with E-state index in [1.54, 1.807) is 12.1 Å². The maximum absolute atomic E-state index is 12.0. The number of rotatable bonds is 7. The van der Waals surface area contributed by atoms with Crippen molar-refractivity contribution >= 4 is 11.8 Å². The van der Waals surface area contributed by atoms with Crippen LogP contribution < -0.4 is 10.6 Å². The van der Waals surface area contributed by atoms with E-state index in [2.05, 4.69) is 26.2 Å². The molecule has 0 saturated heterocycles. The molecular weight excluding hydrogens is 296 g/mol. The van der Waals surface area contributed by atoms with Crippen molar-refractivity contribution < 1.29 is 9.59 Å². The average Bonchev–Trinajstić information content (AvgIpc) is 3.06. The number of carbonyl (C=O) groups is 2. The predicted octanol–water partition coefficient (Wildman–Crippen LogP) is 0.518. The summed E-state index contributed by atoms with van der Waals surface area (Å²) in [5.41, 5.74) is 1.52. The van der Waals surface area contributed by atoms with Crippen molar-refractivity contribution in [3.05, 3.63) is 41.7 Å². The molecule has 0 spiro atoms. The molecule has 0 bridgehead atoms. The Kier molecular flexibility index (Phi) is 5.79. The van der Waals surface area contributed by atoms with E-state index in [-0.39, 0.29) is 24.4 Å². The second kappa shape index (κ2) is 8.02. The molecule has 1 aromatic carbocycles. The summed E-state index contributed by atoms with van der Waals surface area (Å²) in [4.78, 5) is 23.7. The van der Waals surface area contributed by atoms with Crippen molar-refractivity contribution in [1.29, 1.82) is 0 Å². The monoisotopic (exact) mass is 316 g/mol. The fourth-order valence-electron chi connectivity index (χ4n) is 1.84. The minimum Gasteiger partial charge on any atom is -0.350 e. The summed E-state index contributed by atoms with van der Waals surface area (Å²) in [7, 11) is 0. The predicted molar refractivity (Wildman–Crippen MR) is 83.3 cm³/mol. The summed E-state index contributed by atoms with van der Waals surface area (Å²) in [6.07, 6.45) is 2.27. The van der Waals surface area contributed by atoms with Crippen molar-refractivity contribution in [2.45, 2.75) is 39.4 Å². The number of nitrogens with zero attached hydrogens (tertiary/aromatic N) is 4. The fourth-order valence-corrected chi connectivity index (χ4v) is 1.84. The Morgan fingerprint density at radius 2 is 2.00 bits per heavy atom. The molecule has 0 fully saturated rings. The lowest BCUT2D eigenvalue weighted by atomic mass is 10.1. The number of hydrogen-bond acceptors (Lipinski definition) is 5. The molecule has 2 N–H and O–H groups in total. The van der Waals surface area contributed by atoms with Gasteiger partial charge in [-0.1, -0.05) is 19.1 Å². The van der Waals surface area contributed by atoms with Crippen molar-refractivity contribution in [3.63, 3.8) is 0 Å². The zero-order valence-corrected chi connectivity index (χ0v) is 13.2. The van der Waals surface area contributed by atoms with E-state index in [1.807, 2.05) is 26.0 Å². The van der Waals surface area contributed by atoms with Gasteiger partial charge in [-0.2, -0.15) is 0 Å². The van der Waals surface area contributed by atoms with Gasteiger partial charge in [-0.15, -0.1) is 5.10 Å². The number of aromatic nitrogens is 4. The van der Waals surface area contributed by atoms with Crippen LogP contribution in [0, 0.1) is 0 Å². The molecule has 122 valence electrons. The van der Waals surface area contributed by atoms with Crippen LogP contribution in [-0.4, -0.2) is 38.1 Å².